The van der Waals surface area contributed by atoms with Crippen LogP contribution in [0.1, 0.15) is 49.0 Å². The van der Waals surface area contributed by atoms with Gasteiger partial charge in [0.1, 0.15) is 0 Å². The maximum Gasteiger partial charge on any atom is 0.387 e. The second kappa shape index (κ2) is 10.6. The van der Waals surface area contributed by atoms with E-state index in [-0.39, 0.29) is 23.0 Å². The maximum atomic E-state index is 12.5. The molecule has 0 fully saturated rings. The van der Waals surface area contributed by atoms with Gasteiger partial charge in [-0.05, 0) is 49.1 Å². The van der Waals surface area contributed by atoms with Gasteiger partial charge in [0.25, 0.3) is 5.91 Å². The van der Waals surface area contributed by atoms with E-state index >= 15 is 0 Å². The Kier molecular flexibility index (Phi) is 8.15. The van der Waals surface area contributed by atoms with E-state index in [2.05, 4.69) is 23.9 Å². The molecule has 1 N–H and O–H groups in total. The molecule has 0 saturated carbocycles. The molecule has 0 unspecified atom stereocenters. The normalized spacial score (nSPS) is 12.8. The van der Waals surface area contributed by atoms with Crippen molar-refractivity contribution in [2.75, 3.05) is 12.4 Å². The average molecular weight is 421 g/mol. The minimum absolute atomic E-state index is 0.0353. The summed E-state index contributed by atoms with van der Waals surface area (Å²) in [5.41, 5.74) is 1.69. The summed E-state index contributed by atoms with van der Waals surface area (Å²) in [5, 5.41) is 2.79. The van der Waals surface area contributed by atoms with E-state index in [4.69, 9.17) is 9.47 Å². The van der Waals surface area contributed by atoms with E-state index in [0.717, 1.165) is 12.0 Å². The molecule has 0 spiro atoms. The first kappa shape index (κ1) is 23.1. The number of anilines is 1. The van der Waals surface area contributed by atoms with Crippen molar-refractivity contribution in [1.29, 1.82) is 0 Å². The van der Waals surface area contributed by atoms with Gasteiger partial charge in [-0.3, -0.25) is 4.79 Å². The molecule has 8 heteroatoms. The van der Waals surface area contributed by atoms with E-state index in [0.29, 0.717) is 5.69 Å². The van der Waals surface area contributed by atoms with Gasteiger partial charge in [-0.1, -0.05) is 32.0 Å². The van der Waals surface area contributed by atoms with Crippen LogP contribution < -0.4 is 14.8 Å². The number of hydrogen-bond donors (Lipinski definition) is 1. The first-order chi connectivity index (χ1) is 14.3. The van der Waals surface area contributed by atoms with Crippen molar-refractivity contribution in [2.45, 2.75) is 45.8 Å². The van der Waals surface area contributed by atoms with Gasteiger partial charge >= 0.3 is 12.6 Å². The summed E-state index contributed by atoms with van der Waals surface area (Å²) < 4.78 is 39.4. The van der Waals surface area contributed by atoms with E-state index in [9.17, 15) is 18.4 Å². The third-order valence-electron chi connectivity index (χ3n) is 4.63. The molecular weight excluding hydrogens is 396 g/mol. The average Bonchev–Trinajstić information content (AvgIpc) is 2.73. The van der Waals surface area contributed by atoms with Crippen LogP contribution >= 0.6 is 0 Å². The highest BCUT2D eigenvalue weighted by molar-refractivity contribution is 5.98. The first-order valence-electron chi connectivity index (χ1n) is 9.50. The van der Waals surface area contributed by atoms with Crippen LogP contribution in [-0.2, 0) is 9.53 Å². The van der Waals surface area contributed by atoms with Gasteiger partial charge in [0.05, 0.1) is 12.7 Å². The van der Waals surface area contributed by atoms with Crippen molar-refractivity contribution < 1.29 is 32.6 Å². The molecular formula is C22H25F2NO5. The minimum atomic E-state index is -3.03. The Morgan fingerprint density at radius 3 is 2.40 bits per heavy atom. The van der Waals surface area contributed by atoms with Crippen LogP contribution in [0.4, 0.5) is 14.5 Å². The SMILES string of the molecule is CC[C@H](C)c1ccccc1NC(=O)[C@@H](C)OC(=O)c1ccc(OC(F)F)c(OC)c1. The van der Waals surface area contributed by atoms with Crippen LogP contribution in [0.3, 0.4) is 0 Å². The van der Waals surface area contributed by atoms with Crippen LogP contribution in [0.5, 0.6) is 11.5 Å². The summed E-state index contributed by atoms with van der Waals surface area (Å²) in [5.74, 6) is -1.29. The lowest BCUT2D eigenvalue weighted by atomic mass is 9.97. The lowest BCUT2D eigenvalue weighted by molar-refractivity contribution is -0.123. The lowest BCUT2D eigenvalue weighted by Crippen LogP contribution is -2.30. The molecule has 2 rings (SSSR count). The Balaban J connectivity index is 2.08. The van der Waals surface area contributed by atoms with Crippen molar-refractivity contribution in [3.05, 3.63) is 53.6 Å². The number of carbonyl (C=O) groups excluding carboxylic acids is 2. The highest BCUT2D eigenvalue weighted by Gasteiger charge is 2.22. The number of carbonyl (C=O) groups is 2. The molecule has 2 atom stereocenters. The van der Waals surface area contributed by atoms with Crippen molar-refractivity contribution in [2.24, 2.45) is 0 Å². The number of esters is 1. The van der Waals surface area contributed by atoms with Gasteiger partial charge in [0.15, 0.2) is 17.6 Å². The van der Waals surface area contributed by atoms with Crippen LogP contribution in [0, 0.1) is 0 Å². The predicted octanol–water partition coefficient (Wildman–Crippen LogP) is 4.99. The number of hydrogen-bond acceptors (Lipinski definition) is 5. The Morgan fingerprint density at radius 1 is 1.07 bits per heavy atom. The number of rotatable bonds is 9. The number of benzene rings is 2. The number of halogens is 2. The third-order valence-corrected chi connectivity index (χ3v) is 4.63. The maximum absolute atomic E-state index is 12.5. The number of alkyl halides is 2. The summed E-state index contributed by atoms with van der Waals surface area (Å²) in [4.78, 5) is 24.9. The quantitative estimate of drug-likeness (QED) is 0.577. The Bertz CT molecular complexity index is 888. The summed E-state index contributed by atoms with van der Waals surface area (Å²) in [6.45, 7) is 2.53. The highest BCUT2D eigenvalue weighted by Crippen LogP contribution is 2.30. The van der Waals surface area contributed by atoms with Crippen LogP contribution in [0.2, 0.25) is 0 Å². The van der Waals surface area contributed by atoms with E-state index in [1.807, 2.05) is 18.2 Å². The molecule has 0 aromatic heterocycles. The number of amides is 1. The van der Waals surface area contributed by atoms with Crippen molar-refractivity contribution in [3.63, 3.8) is 0 Å². The Hall–Kier alpha value is -3.16. The lowest BCUT2D eigenvalue weighted by Gasteiger charge is -2.18. The first-order valence-corrected chi connectivity index (χ1v) is 9.50. The molecule has 30 heavy (non-hydrogen) atoms. The topological polar surface area (TPSA) is 73.9 Å². The fraction of sp³-hybridized carbons (Fsp3) is 0.364. The molecule has 0 aliphatic heterocycles. The summed E-state index contributed by atoms with van der Waals surface area (Å²) >= 11 is 0. The molecule has 0 saturated heterocycles. The number of nitrogens with one attached hydrogen (secondary N) is 1. The number of methoxy groups -OCH3 is 1. The zero-order valence-electron chi connectivity index (χ0n) is 17.3. The van der Waals surface area contributed by atoms with Crippen LogP contribution in [-0.4, -0.2) is 31.7 Å². The zero-order chi connectivity index (χ0) is 22.3. The van der Waals surface area contributed by atoms with E-state index < -0.39 is 24.6 Å². The van der Waals surface area contributed by atoms with Crippen molar-refractivity contribution in [3.8, 4) is 11.5 Å². The summed E-state index contributed by atoms with van der Waals surface area (Å²) in [6.07, 6.45) is -0.171. The van der Waals surface area contributed by atoms with E-state index in [1.54, 1.807) is 6.07 Å². The molecule has 1 amide bonds. The number of para-hydroxylation sites is 1. The predicted molar refractivity (Wildman–Crippen MR) is 108 cm³/mol. The van der Waals surface area contributed by atoms with Gasteiger partial charge in [0.2, 0.25) is 0 Å². The molecule has 0 heterocycles. The molecule has 162 valence electrons. The van der Waals surface area contributed by atoms with Crippen molar-refractivity contribution >= 4 is 17.6 Å². The third kappa shape index (κ3) is 5.92. The van der Waals surface area contributed by atoms with Gasteiger partial charge in [0, 0.05) is 5.69 Å². The minimum Gasteiger partial charge on any atom is -0.493 e. The molecule has 0 aliphatic carbocycles. The molecule has 0 radical (unpaired) electrons. The fourth-order valence-corrected chi connectivity index (χ4v) is 2.76. The molecule has 0 bridgehead atoms. The van der Waals surface area contributed by atoms with Gasteiger partial charge in [-0.15, -0.1) is 0 Å². The Morgan fingerprint density at radius 2 is 1.77 bits per heavy atom. The molecule has 0 aliphatic rings. The second-order valence-corrected chi connectivity index (χ2v) is 6.68. The fourth-order valence-electron chi connectivity index (χ4n) is 2.76. The highest BCUT2D eigenvalue weighted by atomic mass is 19.3. The zero-order valence-corrected chi connectivity index (χ0v) is 17.3. The largest absolute Gasteiger partial charge is 0.493 e. The molecule has 2 aromatic rings. The standard InChI is InChI=1S/C22H25F2NO5/c1-5-13(2)16-8-6-7-9-17(16)25-20(26)14(3)29-21(27)15-10-11-18(30-22(23)24)19(12-15)28-4/h6-14,22H,5H2,1-4H3,(H,25,26)/t13-,14+/m0/s1. The van der Waals surface area contributed by atoms with Crippen molar-refractivity contribution in [1.82, 2.24) is 0 Å². The summed E-state index contributed by atoms with van der Waals surface area (Å²) in [7, 11) is 1.26. The van der Waals surface area contributed by atoms with Crippen LogP contribution in [0.25, 0.3) is 0 Å². The summed E-state index contributed by atoms with van der Waals surface area (Å²) in [6, 6.07) is 11.1. The van der Waals surface area contributed by atoms with Gasteiger partial charge < -0.3 is 19.5 Å². The van der Waals surface area contributed by atoms with E-state index in [1.165, 1.54) is 32.2 Å². The van der Waals surface area contributed by atoms with Gasteiger partial charge in [-0.25, -0.2) is 4.79 Å². The smallest absolute Gasteiger partial charge is 0.387 e. The molecule has 2 aromatic carbocycles. The van der Waals surface area contributed by atoms with Gasteiger partial charge in [-0.2, -0.15) is 8.78 Å². The monoisotopic (exact) mass is 421 g/mol. The Labute approximate surface area is 174 Å². The number of ether oxygens (including phenoxy) is 3. The second-order valence-electron chi connectivity index (χ2n) is 6.68. The molecule has 6 nitrogen and oxygen atoms in total. The van der Waals surface area contributed by atoms with Crippen LogP contribution in [0.15, 0.2) is 42.5 Å².